The van der Waals surface area contributed by atoms with E-state index >= 15 is 0 Å². The Morgan fingerprint density at radius 3 is 1.73 bits per heavy atom. The highest BCUT2D eigenvalue weighted by Gasteiger charge is 1.92. The predicted molar refractivity (Wildman–Crippen MR) is 93.5 cm³/mol. The van der Waals surface area contributed by atoms with Crippen molar-refractivity contribution in [3.63, 3.8) is 0 Å². The number of carboxylic acids is 1. The van der Waals surface area contributed by atoms with E-state index in [-0.39, 0.29) is 0 Å². The van der Waals surface area contributed by atoms with Crippen molar-refractivity contribution in [1.29, 1.82) is 0 Å². The van der Waals surface area contributed by atoms with Crippen LogP contribution in [0.15, 0.2) is 0 Å². The quantitative estimate of drug-likeness (QED) is 0.378. The molecule has 0 heterocycles. The van der Waals surface area contributed by atoms with Crippen LogP contribution in [-0.4, -0.2) is 11.1 Å². The first-order valence-corrected chi connectivity index (χ1v) is 8.95. The van der Waals surface area contributed by atoms with Crippen LogP contribution in [0.1, 0.15) is 96.8 Å². The first kappa shape index (κ1) is 20.6. The van der Waals surface area contributed by atoms with Gasteiger partial charge in [0.15, 0.2) is 0 Å². The van der Waals surface area contributed by atoms with Gasteiger partial charge in [-0.1, -0.05) is 89.4 Å². The van der Waals surface area contributed by atoms with Crippen LogP contribution >= 0.6 is 0 Å². The normalized spacial score (nSPS) is 9.50. The number of hydrogen-bond acceptors (Lipinski definition) is 1. The maximum Gasteiger partial charge on any atom is 0.381 e. The second-order valence-electron chi connectivity index (χ2n) is 5.78. The van der Waals surface area contributed by atoms with Crippen LogP contribution < -0.4 is 0 Å². The van der Waals surface area contributed by atoms with Crippen LogP contribution in [0.3, 0.4) is 0 Å². The van der Waals surface area contributed by atoms with Gasteiger partial charge in [-0.05, 0) is 6.42 Å². The summed E-state index contributed by atoms with van der Waals surface area (Å²) in [6.07, 6.45) is 17.5. The largest absolute Gasteiger partial charge is 0.472 e. The lowest BCUT2D eigenvalue weighted by molar-refractivity contribution is -0.130. The van der Waals surface area contributed by atoms with E-state index in [4.69, 9.17) is 5.11 Å². The first-order valence-electron chi connectivity index (χ1n) is 8.95. The molecule has 124 valence electrons. The molecule has 0 aliphatic carbocycles. The fraction of sp³-hybridized carbons (Fsp3) is 0.750. The molecule has 0 aliphatic heterocycles. The molecule has 2 heteroatoms. The Morgan fingerprint density at radius 2 is 1.23 bits per heavy atom. The van der Waals surface area contributed by atoms with Crippen molar-refractivity contribution in [2.24, 2.45) is 0 Å². The molecular formula is C20H32O2. The van der Waals surface area contributed by atoms with E-state index in [0.717, 1.165) is 12.8 Å². The van der Waals surface area contributed by atoms with Crippen molar-refractivity contribution in [2.75, 3.05) is 0 Å². The number of aliphatic carboxylic acids is 1. The lowest BCUT2D eigenvalue weighted by Gasteiger charge is -2.01. The highest BCUT2D eigenvalue weighted by molar-refractivity contribution is 5.86. The third-order valence-corrected chi connectivity index (χ3v) is 3.65. The summed E-state index contributed by atoms with van der Waals surface area (Å²) in [7, 11) is 0. The molecule has 0 aromatic rings. The molecule has 0 aromatic heterocycles. The van der Waals surface area contributed by atoms with Gasteiger partial charge in [-0.25, -0.2) is 4.79 Å². The predicted octanol–water partition coefficient (Wildman–Crippen LogP) is 5.56. The van der Waals surface area contributed by atoms with Gasteiger partial charge < -0.3 is 5.11 Å². The highest BCUT2D eigenvalue weighted by Crippen LogP contribution is 2.12. The van der Waals surface area contributed by atoms with Crippen molar-refractivity contribution in [1.82, 2.24) is 0 Å². The first-order chi connectivity index (χ1) is 10.8. The van der Waals surface area contributed by atoms with E-state index in [1.54, 1.807) is 0 Å². The van der Waals surface area contributed by atoms with Gasteiger partial charge in [0.2, 0.25) is 0 Å². The molecule has 0 unspecified atom stereocenters. The molecule has 0 bridgehead atoms. The zero-order valence-electron chi connectivity index (χ0n) is 14.3. The van der Waals surface area contributed by atoms with Gasteiger partial charge in [-0.3, -0.25) is 0 Å². The van der Waals surface area contributed by atoms with Crippen molar-refractivity contribution < 1.29 is 9.90 Å². The molecule has 0 radical (unpaired) electrons. The van der Waals surface area contributed by atoms with Gasteiger partial charge in [0, 0.05) is 12.3 Å². The second-order valence-corrected chi connectivity index (χ2v) is 5.78. The molecule has 2 nitrogen and oxygen atoms in total. The van der Waals surface area contributed by atoms with E-state index in [1.165, 1.54) is 70.6 Å². The fourth-order valence-electron chi connectivity index (χ4n) is 2.37. The zero-order chi connectivity index (χ0) is 16.3. The van der Waals surface area contributed by atoms with Crippen molar-refractivity contribution in [2.45, 2.75) is 96.8 Å². The smallest absolute Gasteiger partial charge is 0.381 e. The average molecular weight is 304 g/mol. The summed E-state index contributed by atoms with van der Waals surface area (Å²) in [6.45, 7) is 2.26. The summed E-state index contributed by atoms with van der Waals surface area (Å²) in [5, 5.41) is 8.32. The molecule has 0 rings (SSSR count). The molecular weight excluding hydrogens is 272 g/mol. The summed E-state index contributed by atoms with van der Waals surface area (Å²) in [5.74, 6) is 9.43. The number of rotatable bonds is 12. The molecule has 0 aliphatic rings. The van der Waals surface area contributed by atoms with Gasteiger partial charge in [0.25, 0.3) is 0 Å². The van der Waals surface area contributed by atoms with E-state index in [9.17, 15) is 4.79 Å². The van der Waals surface area contributed by atoms with Crippen molar-refractivity contribution in [3.8, 4) is 23.7 Å². The summed E-state index contributed by atoms with van der Waals surface area (Å²) < 4.78 is 0. The van der Waals surface area contributed by atoms with Gasteiger partial charge in [-0.2, -0.15) is 0 Å². The molecule has 0 aromatic carbocycles. The molecule has 0 saturated carbocycles. The number of hydrogen-bond donors (Lipinski definition) is 1. The van der Waals surface area contributed by atoms with Crippen LogP contribution in [-0.2, 0) is 4.79 Å². The van der Waals surface area contributed by atoms with Crippen LogP contribution in [0.25, 0.3) is 0 Å². The number of unbranched alkanes of at least 4 members (excludes halogenated alkanes) is 12. The Kier molecular flexibility index (Phi) is 16.5. The van der Waals surface area contributed by atoms with Crippen molar-refractivity contribution in [3.05, 3.63) is 0 Å². The van der Waals surface area contributed by atoms with Crippen LogP contribution in [0.4, 0.5) is 0 Å². The van der Waals surface area contributed by atoms with Crippen molar-refractivity contribution >= 4 is 5.97 Å². The van der Waals surface area contributed by atoms with E-state index in [0.29, 0.717) is 6.42 Å². The standard InChI is InChI=1S/C20H32O2/c1-2-3-4-5-6-7-8-9-10-11-12-13-14-15-16-17-18-19-20(21)22/h2-14,17H2,1H3,(H,21,22). The van der Waals surface area contributed by atoms with Crippen LogP contribution in [0, 0.1) is 23.7 Å². The Labute approximate surface area is 137 Å². The van der Waals surface area contributed by atoms with Gasteiger partial charge in [0.1, 0.15) is 0 Å². The van der Waals surface area contributed by atoms with Gasteiger partial charge in [-0.15, -0.1) is 5.92 Å². The molecule has 1 N–H and O–H groups in total. The maximum atomic E-state index is 10.1. The minimum absolute atomic E-state index is 0.366. The SMILES string of the molecule is CCCCCCCCCCCCCCC#CCC#CC(=O)O. The van der Waals surface area contributed by atoms with Gasteiger partial charge >= 0.3 is 5.97 Å². The third-order valence-electron chi connectivity index (χ3n) is 3.65. The molecule has 0 spiro atoms. The van der Waals surface area contributed by atoms with E-state index in [2.05, 4.69) is 30.6 Å². The monoisotopic (exact) mass is 304 g/mol. The van der Waals surface area contributed by atoms with Crippen LogP contribution in [0.5, 0.6) is 0 Å². The number of carbonyl (C=O) groups is 1. The minimum atomic E-state index is -1.08. The summed E-state index contributed by atoms with van der Waals surface area (Å²) >= 11 is 0. The Bertz CT molecular complexity index is 376. The molecule has 0 atom stereocenters. The topological polar surface area (TPSA) is 37.3 Å². The molecule has 0 fully saturated rings. The lowest BCUT2D eigenvalue weighted by Crippen LogP contribution is -1.85. The molecule has 0 saturated heterocycles. The zero-order valence-corrected chi connectivity index (χ0v) is 14.3. The summed E-state index contributed by atoms with van der Waals surface area (Å²) in [4.78, 5) is 10.1. The van der Waals surface area contributed by atoms with E-state index < -0.39 is 5.97 Å². The summed E-state index contributed by atoms with van der Waals surface area (Å²) in [5.41, 5.74) is 0. The number of carboxylic acid groups (broad SMARTS) is 1. The molecule has 0 amide bonds. The second kappa shape index (κ2) is 17.6. The van der Waals surface area contributed by atoms with Gasteiger partial charge in [0.05, 0.1) is 6.42 Å². The third kappa shape index (κ3) is 18.6. The summed E-state index contributed by atoms with van der Waals surface area (Å²) in [6, 6.07) is 0. The lowest BCUT2D eigenvalue weighted by atomic mass is 10.0. The van der Waals surface area contributed by atoms with Crippen LogP contribution in [0.2, 0.25) is 0 Å². The molecule has 22 heavy (non-hydrogen) atoms. The Balaban J connectivity index is 3.16. The Morgan fingerprint density at radius 1 is 0.727 bits per heavy atom. The maximum absolute atomic E-state index is 10.1. The highest BCUT2D eigenvalue weighted by atomic mass is 16.4. The minimum Gasteiger partial charge on any atom is -0.472 e. The Hall–Kier alpha value is -1.41. The average Bonchev–Trinajstić information content (AvgIpc) is 2.50. The van der Waals surface area contributed by atoms with E-state index in [1.807, 2.05) is 0 Å². The fourth-order valence-corrected chi connectivity index (χ4v) is 2.37.